The van der Waals surface area contributed by atoms with Crippen LogP contribution in [0.4, 0.5) is 11.4 Å². The van der Waals surface area contributed by atoms with Crippen molar-refractivity contribution in [2.75, 3.05) is 24.3 Å². The van der Waals surface area contributed by atoms with Crippen molar-refractivity contribution in [2.45, 2.75) is 39.2 Å². The maximum Gasteiger partial charge on any atom is 0.239 e. The molecule has 0 aliphatic heterocycles. The number of rotatable bonds is 11. The van der Waals surface area contributed by atoms with E-state index in [0.29, 0.717) is 13.0 Å². The monoisotopic (exact) mass is 383 g/mol. The van der Waals surface area contributed by atoms with Gasteiger partial charge in [-0.2, -0.15) is 0 Å². The van der Waals surface area contributed by atoms with Gasteiger partial charge in [-0.05, 0) is 42.3 Å². The number of hydrogen-bond donors (Lipinski definition) is 3. The summed E-state index contributed by atoms with van der Waals surface area (Å²) in [4.78, 5) is 24.0. The molecule has 0 spiro atoms. The van der Waals surface area contributed by atoms with E-state index < -0.39 is 0 Å². The summed E-state index contributed by atoms with van der Waals surface area (Å²) in [5.74, 6) is 0.696. The Labute approximate surface area is 166 Å². The molecule has 2 rings (SSSR count). The highest BCUT2D eigenvalue weighted by molar-refractivity contribution is 5.91. The van der Waals surface area contributed by atoms with Crippen LogP contribution in [0.25, 0.3) is 0 Å². The van der Waals surface area contributed by atoms with Gasteiger partial charge in [0.05, 0.1) is 13.7 Å². The zero-order valence-corrected chi connectivity index (χ0v) is 16.6. The van der Waals surface area contributed by atoms with E-state index in [0.717, 1.165) is 42.0 Å². The molecule has 0 saturated heterocycles. The molecule has 6 heteroatoms. The number of nitrogens with one attached hydrogen (secondary N) is 3. The SMILES string of the molecule is CCCCCC(=O)Nc1cccc(NCC(=O)NCc2ccc(OC)cc2)c1. The van der Waals surface area contributed by atoms with Gasteiger partial charge in [0.15, 0.2) is 0 Å². The third kappa shape index (κ3) is 7.70. The topological polar surface area (TPSA) is 79.5 Å². The number of benzene rings is 2. The zero-order valence-electron chi connectivity index (χ0n) is 16.6. The molecular formula is C22H29N3O3. The van der Waals surface area contributed by atoms with E-state index in [9.17, 15) is 9.59 Å². The summed E-state index contributed by atoms with van der Waals surface area (Å²) in [6.45, 7) is 2.72. The predicted octanol–water partition coefficient (Wildman–Crippen LogP) is 3.94. The van der Waals surface area contributed by atoms with Crippen LogP contribution in [0.1, 0.15) is 38.2 Å². The van der Waals surface area contributed by atoms with Crippen LogP contribution in [0.5, 0.6) is 5.75 Å². The minimum absolute atomic E-state index is 0.0165. The largest absolute Gasteiger partial charge is 0.497 e. The van der Waals surface area contributed by atoms with Gasteiger partial charge >= 0.3 is 0 Å². The van der Waals surface area contributed by atoms with E-state index in [4.69, 9.17) is 4.74 Å². The van der Waals surface area contributed by atoms with E-state index in [-0.39, 0.29) is 18.4 Å². The first-order valence-electron chi connectivity index (χ1n) is 9.64. The average molecular weight is 383 g/mol. The van der Waals surface area contributed by atoms with Crippen LogP contribution in [0.3, 0.4) is 0 Å². The molecule has 28 heavy (non-hydrogen) atoms. The summed E-state index contributed by atoms with van der Waals surface area (Å²) in [6.07, 6.45) is 3.57. The Morgan fingerprint density at radius 3 is 2.43 bits per heavy atom. The van der Waals surface area contributed by atoms with Crippen molar-refractivity contribution >= 4 is 23.2 Å². The molecule has 0 aliphatic rings. The highest BCUT2D eigenvalue weighted by Gasteiger charge is 2.05. The molecule has 0 saturated carbocycles. The van der Waals surface area contributed by atoms with Crippen molar-refractivity contribution in [3.8, 4) is 5.75 Å². The molecule has 2 aromatic rings. The molecule has 150 valence electrons. The van der Waals surface area contributed by atoms with Crippen molar-refractivity contribution in [3.63, 3.8) is 0 Å². The Balaban J connectivity index is 1.75. The van der Waals surface area contributed by atoms with E-state index in [1.54, 1.807) is 7.11 Å². The van der Waals surface area contributed by atoms with Gasteiger partial charge in [-0.15, -0.1) is 0 Å². The fourth-order valence-electron chi connectivity index (χ4n) is 2.65. The molecule has 2 aromatic carbocycles. The lowest BCUT2D eigenvalue weighted by molar-refractivity contribution is -0.119. The number of hydrogen-bond acceptors (Lipinski definition) is 4. The number of carbonyl (C=O) groups excluding carboxylic acids is 2. The maximum atomic E-state index is 12.1. The fraction of sp³-hybridized carbons (Fsp3) is 0.364. The molecule has 6 nitrogen and oxygen atoms in total. The molecule has 0 radical (unpaired) electrons. The number of anilines is 2. The Kier molecular flexibility index (Phi) is 8.85. The second-order valence-electron chi connectivity index (χ2n) is 6.56. The van der Waals surface area contributed by atoms with Crippen molar-refractivity contribution in [3.05, 3.63) is 54.1 Å². The predicted molar refractivity (Wildman–Crippen MR) is 113 cm³/mol. The van der Waals surface area contributed by atoms with Crippen molar-refractivity contribution in [1.29, 1.82) is 0 Å². The average Bonchev–Trinajstić information content (AvgIpc) is 2.71. The van der Waals surface area contributed by atoms with Crippen LogP contribution in [0.15, 0.2) is 48.5 Å². The van der Waals surface area contributed by atoms with Gasteiger partial charge in [0.2, 0.25) is 11.8 Å². The van der Waals surface area contributed by atoms with Gasteiger partial charge in [-0.3, -0.25) is 9.59 Å². The van der Waals surface area contributed by atoms with Gasteiger partial charge < -0.3 is 20.7 Å². The molecule has 0 unspecified atom stereocenters. The van der Waals surface area contributed by atoms with E-state index in [1.807, 2.05) is 48.5 Å². The van der Waals surface area contributed by atoms with E-state index in [1.165, 1.54) is 0 Å². The Morgan fingerprint density at radius 2 is 1.71 bits per heavy atom. The molecule has 3 N–H and O–H groups in total. The summed E-state index contributed by atoms with van der Waals surface area (Å²) in [5.41, 5.74) is 2.51. The second-order valence-corrected chi connectivity index (χ2v) is 6.56. The normalized spacial score (nSPS) is 10.2. The molecule has 0 heterocycles. The molecule has 0 aromatic heterocycles. The lowest BCUT2D eigenvalue weighted by atomic mass is 10.2. The van der Waals surface area contributed by atoms with Gasteiger partial charge in [-0.25, -0.2) is 0 Å². The van der Waals surface area contributed by atoms with Crippen LogP contribution < -0.4 is 20.7 Å². The number of unbranched alkanes of at least 4 members (excludes halogenated alkanes) is 2. The van der Waals surface area contributed by atoms with E-state index in [2.05, 4.69) is 22.9 Å². The summed E-state index contributed by atoms with van der Waals surface area (Å²) in [6, 6.07) is 14.9. The molecule has 0 bridgehead atoms. The van der Waals surface area contributed by atoms with Crippen LogP contribution >= 0.6 is 0 Å². The van der Waals surface area contributed by atoms with Gasteiger partial charge in [0.1, 0.15) is 5.75 Å². The Hall–Kier alpha value is -3.02. The lowest BCUT2D eigenvalue weighted by Crippen LogP contribution is -2.29. The standard InChI is InChI=1S/C22H29N3O3/c1-3-4-5-9-21(26)25-19-8-6-7-18(14-19)23-16-22(27)24-15-17-10-12-20(28-2)13-11-17/h6-8,10-14,23H,3-5,9,15-16H2,1-2H3,(H,24,27)(H,25,26). The minimum Gasteiger partial charge on any atom is -0.497 e. The molecule has 0 aliphatic carbocycles. The number of carbonyl (C=O) groups is 2. The molecule has 2 amide bonds. The van der Waals surface area contributed by atoms with Crippen LogP contribution in [-0.4, -0.2) is 25.5 Å². The third-order valence-electron chi connectivity index (χ3n) is 4.26. The number of ether oxygens (including phenoxy) is 1. The summed E-state index contributed by atoms with van der Waals surface area (Å²) in [7, 11) is 1.62. The highest BCUT2D eigenvalue weighted by Crippen LogP contribution is 2.15. The summed E-state index contributed by atoms with van der Waals surface area (Å²) >= 11 is 0. The maximum absolute atomic E-state index is 12.1. The van der Waals surface area contributed by atoms with Crippen molar-refractivity contribution < 1.29 is 14.3 Å². The minimum atomic E-state index is -0.107. The van der Waals surface area contributed by atoms with Crippen LogP contribution in [-0.2, 0) is 16.1 Å². The first kappa shape index (κ1) is 21.3. The Morgan fingerprint density at radius 1 is 0.964 bits per heavy atom. The first-order valence-corrected chi connectivity index (χ1v) is 9.64. The lowest BCUT2D eigenvalue weighted by Gasteiger charge is -2.10. The first-order chi connectivity index (χ1) is 13.6. The van der Waals surface area contributed by atoms with E-state index >= 15 is 0 Å². The van der Waals surface area contributed by atoms with Crippen LogP contribution in [0.2, 0.25) is 0 Å². The summed E-state index contributed by atoms with van der Waals surface area (Å²) < 4.78 is 5.12. The van der Waals surface area contributed by atoms with Gasteiger partial charge in [0, 0.05) is 24.3 Å². The number of amides is 2. The Bertz CT molecular complexity index is 760. The summed E-state index contributed by atoms with van der Waals surface area (Å²) in [5, 5.41) is 8.85. The quantitative estimate of drug-likeness (QED) is 0.514. The smallest absolute Gasteiger partial charge is 0.239 e. The van der Waals surface area contributed by atoms with Crippen molar-refractivity contribution in [1.82, 2.24) is 5.32 Å². The second kappa shape index (κ2) is 11.6. The zero-order chi connectivity index (χ0) is 20.2. The molecule has 0 fully saturated rings. The van der Waals surface area contributed by atoms with Gasteiger partial charge in [-0.1, -0.05) is 38.0 Å². The molecular weight excluding hydrogens is 354 g/mol. The third-order valence-corrected chi connectivity index (χ3v) is 4.26. The van der Waals surface area contributed by atoms with Crippen LogP contribution in [0, 0.1) is 0 Å². The highest BCUT2D eigenvalue weighted by atomic mass is 16.5. The molecule has 0 atom stereocenters. The van der Waals surface area contributed by atoms with Gasteiger partial charge in [0.25, 0.3) is 0 Å². The number of methoxy groups -OCH3 is 1. The van der Waals surface area contributed by atoms with Crippen molar-refractivity contribution in [2.24, 2.45) is 0 Å². The fourth-order valence-corrected chi connectivity index (χ4v) is 2.65.